The quantitative estimate of drug-likeness (QED) is 0.566. The Bertz CT molecular complexity index is 214. The third-order valence-electron chi connectivity index (χ3n) is 0.940. The molecule has 0 saturated carbocycles. The highest BCUT2D eigenvalue weighted by Gasteiger charge is 1.93. The zero-order valence-electron chi connectivity index (χ0n) is 5.95. The molecule has 0 unspecified atom stereocenters. The van der Waals surface area contributed by atoms with Crippen molar-refractivity contribution in [3.63, 3.8) is 0 Å². The molecule has 0 aliphatic heterocycles. The van der Waals surface area contributed by atoms with E-state index in [4.69, 9.17) is 4.74 Å². The van der Waals surface area contributed by atoms with Crippen LogP contribution in [-0.2, 0) is 4.74 Å². The zero-order valence-corrected chi connectivity index (χ0v) is 7.54. The van der Waals surface area contributed by atoms with Gasteiger partial charge in [-0.25, -0.2) is 9.97 Å². The highest BCUT2D eigenvalue weighted by molar-refractivity contribution is 9.10. The Kier molecular flexibility index (Phi) is 3.25. The number of halogens is 1. The SMILES string of the molecule is COCOc1cnc(Br)nc1. The molecule has 0 atom stereocenters. The van der Waals surface area contributed by atoms with E-state index in [1.165, 1.54) is 0 Å². The Morgan fingerprint density at radius 3 is 2.64 bits per heavy atom. The third kappa shape index (κ3) is 2.81. The molecule has 11 heavy (non-hydrogen) atoms. The summed E-state index contributed by atoms with van der Waals surface area (Å²) >= 11 is 3.10. The summed E-state index contributed by atoms with van der Waals surface area (Å²) in [6.45, 7) is 0.213. The van der Waals surface area contributed by atoms with Gasteiger partial charge in [0.05, 0.1) is 12.4 Å². The maximum absolute atomic E-state index is 5.04. The predicted octanol–water partition coefficient (Wildman–Crippen LogP) is 1.22. The van der Waals surface area contributed by atoms with Gasteiger partial charge in [-0.15, -0.1) is 0 Å². The van der Waals surface area contributed by atoms with Gasteiger partial charge in [0.2, 0.25) is 0 Å². The third-order valence-corrected chi connectivity index (χ3v) is 1.35. The van der Waals surface area contributed by atoms with Crippen molar-refractivity contribution >= 4 is 15.9 Å². The lowest BCUT2D eigenvalue weighted by molar-refractivity contribution is 0.0505. The normalized spacial score (nSPS) is 9.64. The van der Waals surface area contributed by atoms with Gasteiger partial charge >= 0.3 is 0 Å². The molecule has 1 aromatic rings. The molecule has 1 aromatic heterocycles. The molecule has 0 radical (unpaired) electrons. The molecule has 0 saturated heterocycles. The van der Waals surface area contributed by atoms with Gasteiger partial charge < -0.3 is 9.47 Å². The summed E-state index contributed by atoms with van der Waals surface area (Å²) in [4.78, 5) is 7.71. The van der Waals surface area contributed by atoms with E-state index >= 15 is 0 Å². The summed E-state index contributed by atoms with van der Waals surface area (Å²) in [6, 6.07) is 0. The van der Waals surface area contributed by atoms with Crippen molar-refractivity contribution in [1.29, 1.82) is 0 Å². The minimum absolute atomic E-state index is 0.213. The van der Waals surface area contributed by atoms with Gasteiger partial charge in [0.15, 0.2) is 17.3 Å². The topological polar surface area (TPSA) is 44.2 Å². The monoisotopic (exact) mass is 218 g/mol. The highest BCUT2D eigenvalue weighted by Crippen LogP contribution is 2.08. The Morgan fingerprint density at radius 1 is 1.45 bits per heavy atom. The lowest BCUT2D eigenvalue weighted by Crippen LogP contribution is -1.99. The maximum atomic E-state index is 5.04. The molecule has 0 aromatic carbocycles. The molecule has 5 heteroatoms. The van der Waals surface area contributed by atoms with Crippen LogP contribution >= 0.6 is 15.9 Å². The van der Waals surface area contributed by atoms with Gasteiger partial charge in [-0.3, -0.25) is 0 Å². The van der Waals surface area contributed by atoms with Gasteiger partial charge in [0, 0.05) is 7.11 Å². The van der Waals surface area contributed by atoms with Crippen LogP contribution in [0.15, 0.2) is 17.1 Å². The van der Waals surface area contributed by atoms with Gasteiger partial charge in [0.25, 0.3) is 0 Å². The van der Waals surface area contributed by atoms with Crippen LogP contribution in [0.3, 0.4) is 0 Å². The van der Waals surface area contributed by atoms with Crippen LogP contribution < -0.4 is 4.74 Å². The molecule has 0 fully saturated rings. The molecule has 1 heterocycles. The van der Waals surface area contributed by atoms with E-state index in [0.717, 1.165) is 0 Å². The highest BCUT2D eigenvalue weighted by atomic mass is 79.9. The van der Waals surface area contributed by atoms with Crippen molar-refractivity contribution in [2.24, 2.45) is 0 Å². The van der Waals surface area contributed by atoms with Crippen molar-refractivity contribution in [3.05, 3.63) is 17.1 Å². The number of methoxy groups -OCH3 is 1. The summed E-state index contributed by atoms with van der Waals surface area (Å²) in [6.07, 6.45) is 3.13. The molecular formula is C6H7BrN2O2. The van der Waals surface area contributed by atoms with Crippen molar-refractivity contribution in [2.75, 3.05) is 13.9 Å². The van der Waals surface area contributed by atoms with Gasteiger partial charge in [0.1, 0.15) is 0 Å². The Labute approximate surface area is 72.7 Å². The fourth-order valence-electron chi connectivity index (χ4n) is 0.502. The van der Waals surface area contributed by atoms with Crippen molar-refractivity contribution in [3.8, 4) is 5.75 Å². The number of nitrogens with zero attached hydrogens (tertiary/aromatic N) is 2. The van der Waals surface area contributed by atoms with E-state index in [-0.39, 0.29) is 6.79 Å². The predicted molar refractivity (Wildman–Crippen MR) is 42.2 cm³/mol. The molecular weight excluding hydrogens is 212 g/mol. The molecule has 4 nitrogen and oxygen atoms in total. The van der Waals surface area contributed by atoms with Crippen LogP contribution in [0.5, 0.6) is 5.75 Å². The first-order valence-corrected chi connectivity index (χ1v) is 3.71. The first-order valence-electron chi connectivity index (χ1n) is 2.92. The molecule has 0 N–H and O–H groups in total. The van der Waals surface area contributed by atoms with Gasteiger partial charge in [-0.05, 0) is 15.9 Å². The first kappa shape index (κ1) is 8.42. The summed E-state index contributed by atoms with van der Waals surface area (Å²) in [7, 11) is 1.56. The Hall–Kier alpha value is -0.680. The maximum Gasteiger partial charge on any atom is 0.196 e. The summed E-state index contributed by atoms with van der Waals surface area (Å²) < 4.78 is 10.3. The Morgan fingerprint density at radius 2 is 2.09 bits per heavy atom. The van der Waals surface area contributed by atoms with E-state index < -0.39 is 0 Å². The fourth-order valence-corrected chi connectivity index (χ4v) is 0.707. The molecule has 0 aliphatic rings. The lowest BCUT2D eigenvalue weighted by Gasteiger charge is -2.01. The van der Waals surface area contributed by atoms with E-state index in [2.05, 4.69) is 30.6 Å². The number of aromatic nitrogens is 2. The Balaban J connectivity index is 2.52. The summed E-state index contributed by atoms with van der Waals surface area (Å²) in [5.74, 6) is 0.593. The van der Waals surface area contributed by atoms with Crippen LogP contribution in [0, 0.1) is 0 Å². The average molecular weight is 219 g/mol. The average Bonchev–Trinajstić information content (AvgIpc) is 2.04. The lowest BCUT2D eigenvalue weighted by atomic mass is 10.6. The first-order chi connectivity index (χ1) is 5.33. The molecule has 0 spiro atoms. The zero-order chi connectivity index (χ0) is 8.10. The van der Waals surface area contributed by atoms with Crippen LogP contribution in [0.1, 0.15) is 0 Å². The smallest absolute Gasteiger partial charge is 0.196 e. The second kappa shape index (κ2) is 4.25. The molecule has 0 aliphatic carbocycles. The van der Waals surface area contributed by atoms with Crippen LogP contribution in [0.2, 0.25) is 0 Å². The summed E-state index contributed by atoms with van der Waals surface area (Å²) in [5, 5.41) is 0. The number of hydrogen-bond acceptors (Lipinski definition) is 4. The minimum atomic E-state index is 0.213. The van der Waals surface area contributed by atoms with E-state index in [1.54, 1.807) is 19.5 Å². The number of rotatable bonds is 3. The molecule has 0 bridgehead atoms. The molecule has 0 amide bonds. The second-order valence-corrected chi connectivity index (χ2v) is 2.45. The van der Waals surface area contributed by atoms with Crippen LogP contribution in [0.25, 0.3) is 0 Å². The minimum Gasteiger partial charge on any atom is -0.464 e. The molecule has 60 valence electrons. The number of hydrogen-bond donors (Lipinski definition) is 0. The van der Waals surface area contributed by atoms with E-state index in [0.29, 0.717) is 10.5 Å². The van der Waals surface area contributed by atoms with Crippen LogP contribution in [0.4, 0.5) is 0 Å². The molecule has 1 rings (SSSR count). The van der Waals surface area contributed by atoms with Crippen LogP contribution in [-0.4, -0.2) is 23.9 Å². The van der Waals surface area contributed by atoms with Gasteiger partial charge in [-0.2, -0.15) is 0 Å². The van der Waals surface area contributed by atoms with Crippen molar-refractivity contribution in [2.45, 2.75) is 0 Å². The van der Waals surface area contributed by atoms with Crippen molar-refractivity contribution < 1.29 is 9.47 Å². The van der Waals surface area contributed by atoms with Gasteiger partial charge in [-0.1, -0.05) is 0 Å². The van der Waals surface area contributed by atoms with E-state index in [1.807, 2.05) is 0 Å². The standard InChI is InChI=1S/C6H7BrN2O2/c1-10-4-11-5-2-8-6(7)9-3-5/h2-3H,4H2,1H3. The largest absolute Gasteiger partial charge is 0.464 e. The fraction of sp³-hybridized carbons (Fsp3) is 0.333. The van der Waals surface area contributed by atoms with E-state index in [9.17, 15) is 0 Å². The van der Waals surface area contributed by atoms with Crippen molar-refractivity contribution in [1.82, 2.24) is 9.97 Å². The second-order valence-electron chi connectivity index (χ2n) is 1.74. The number of ether oxygens (including phenoxy) is 2. The summed E-state index contributed by atoms with van der Waals surface area (Å²) in [5.41, 5.74) is 0.